The molecule has 2 N–H and O–H groups in total. The molecule has 5 nitrogen and oxygen atoms in total. The molecule has 1 heterocycles. The van der Waals surface area contributed by atoms with E-state index in [4.69, 9.17) is 9.26 Å². The average Bonchev–Trinajstić information content (AvgIpc) is 2.84. The summed E-state index contributed by atoms with van der Waals surface area (Å²) in [6, 6.07) is 9.35. The van der Waals surface area contributed by atoms with Gasteiger partial charge >= 0.3 is 0 Å². The van der Waals surface area contributed by atoms with Crippen molar-refractivity contribution < 1.29 is 14.4 Å². The van der Waals surface area contributed by atoms with Gasteiger partial charge in [0.05, 0.1) is 5.69 Å². The third-order valence-electron chi connectivity index (χ3n) is 2.62. The number of aromatic nitrogens is 1. The summed E-state index contributed by atoms with van der Waals surface area (Å²) in [6.07, 6.45) is -0.577. The van der Waals surface area contributed by atoms with E-state index in [0.717, 1.165) is 21.7 Å². The van der Waals surface area contributed by atoms with Crippen LogP contribution in [0.25, 0.3) is 0 Å². The van der Waals surface area contributed by atoms with Gasteiger partial charge in [-0.1, -0.05) is 21.1 Å². The lowest BCUT2D eigenvalue weighted by atomic mass is 10.3. The van der Waals surface area contributed by atoms with Crippen molar-refractivity contribution in [3.8, 4) is 5.75 Å². The first-order chi connectivity index (χ1) is 9.63. The van der Waals surface area contributed by atoms with Crippen LogP contribution in [0.3, 0.4) is 0 Å². The minimum Gasteiger partial charge on any atom is -0.491 e. The molecule has 0 aliphatic rings. The van der Waals surface area contributed by atoms with E-state index in [1.54, 1.807) is 0 Å². The molecule has 0 radical (unpaired) electrons. The van der Waals surface area contributed by atoms with E-state index >= 15 is 0 Å². The number of benzene rings is 1. The largest absolute Gasteiger partial charge is 0.491 e. The Bertz CT molecular complexity index is 527. The van der Waals surface area contributed by atoms with E-state index < -0.39 is 6.10 Å². The Morgan fingerprint density at radius 1 is 1.40 bits per heavy atom. The highest BCUT2D eigenvalue weighted by Gasteiger charge is 2.06. The summed E-state index contributed by atoms with van der Waals surface area (Å²) in [7, 11) is 0. The molecule has 1 aromatic carbocycles. The van der Waals surface area contributed by atoms with Gasteiger partial charge in [0.15, 0.2) is 0 Å². The van der Waals surface area contributed by atoms with Crippen molar-refractivity contribution >= 4 is 15.9 Å². The summed E-state index contributed by atoms with van der Waals surface area (Å²) in [5.41, 5.74) is 0.823. The number of nitrogens with zero attached hydrogens (tertiary/aromatic N) is 1. The highest BCUT2D eigenvalue weighted by atomic mass is 79.9. The van der Waals surface area contributed by atoms with Gasteiger partial charge in [-0.05, 0) is 31.2 Å². The molecule has 0 amide bonds. The third kappa shape index (κ3) is 4.96. The summed E-state index contributed by atoms with van der Waals surface area (Å²) >= 11 is 3.36. The van der Waals surface area contributed by atoms with Crippen LogP contribution in [0.4, 0.5) is 0 Å². The van der Waals surface area contributed by atoms with Crippen LogP contribution >= 0.6 is 15.9 Å². The fourth-order valence-corrected chi connectivity index (χ4v) is 1.91. The van der Waals surface area contributed by atoms with Crippen molar-refractivity contribution in [3.63, 3.8) is 0 Å². The van der Waals surface area contributed by atoms with Crippen molar-refractivity contribution in [1.29, 1.82) is 0 Å². The number of rotatable bonds is 7. The molecule has 0 saturated heterocycles. The number of hydrogen-bond donors (Lipinski definition) is 2. The Kier molecular flexibility index (Phi) is 5.58. The predicted molar refractivity (Wildman–Crippen MR) is 78.6 cm³/mol. The molecule has 6 heteroatoms. The van der Waals surface area contributed by atoms with Gasteiger partial charge in [-0.3, -0.25) is 0 Å². The molecule has 1 unspecified atom stereocenters. The van der Waals surface area contributed by atoms with Gasteiger partial charge in [0.1, 0.15) is 24.2 Å². The molecule has 0 bridgehead atoms. The smallest absolute Gasteiger partial charge is 0.133 e. The summed E-state index contributed by atoms with van der Waals surface area (Å²) in [6.45, 7) is 3.08. The van der Waals surface area contributed by atoms with E-state index in [1.807, 2.05) is 37.3 Å². The molecule has 2 rings (SSSR count). The summed E-state index contributed by atoms with van der Waals surface area (Å²) in [4.78, 5) is 0. The van der Waals surface area contributed by atoms with Crippen molar-refractivity contribution in [2.75, 3.05) is 13.2 Å². The van der Waals surface area contributed by atoms with E-state index in [-0.39, 0.29) is 6.61 Å². The molecule has 1 atom stereocenters. The lowest BCUT2D eigenvalue weighted by Gasteiger charge is -2.12. The van der Waals surface area contributed by atoms with Crippen LogP contribution in [-0.4, -0.2) is 29.5 Å². The maximum absolute atomic E-state index is 9.81. The zero-order valence-corrected chi connectivity index (χ0v) is 12.8. The van der Waals surface area contributed by atoms with E-state index in [2.05, 4.69) is 26.4 Å². The first-order valence-corrected chi connectivity index (χ1v) is 7.12. The third-order valence-corrected chi connectivity index (χ3v) is 3.15. The quantitative estimate of drug-likeness (QED) is 0.809. The fraction of sp³-hybridized carbons (Fsp3) is 0.357. The van der Waals surface area contributed by atoms with Crippen molar-refractivity contribution in [2.24, 2.45) is 0 Å². The zero-order chi connectivity index (χ0) is 14.4. The molecular weight excluding hydrogens is 324 g/mol. The second-order valence-corrected chi connectivity index (χ2v) is 5.39. The summed E-state index contributed by atoms with van der Waals surface area (Å²) in [5.74, 6) is 1.51. The van der Waals surface area contributed by atoms with Gasteiger partial charge < -0.3 is 19.7 Å². The highest BCUT2D eigenvalue weighted by Crippen LogP contribution is 2.16. The summed E-state index contributed by atoms with van der Waals surface area (Å²) in [5, 5.41) is 16.8. The molecular formula is C14H17BrN2O3. The maximum atomic E-state index is 9.81. The van der Waals surface area contributed by atoms with Gasteiger partial charge in [0.2, 0.25) is 0 Å². The first-order valence-electron chi connectivity index (χ1n) is 6.33. The second-order valence-electron chi connectivity index (χ2n) is 4.48. The lowest BCUT2D eigenvalue weighted by Crippen LogP contribution is -2.31. The maximum Gasteiger partial charge on any atom is 0.133 e. The van der Waals surface area contributed by atoms with Gasteiger partial charge in [-0.15, -0.1) is 0 Å². The van der Waals surface area contributed by atoms with Crippen LogP contribution < -0.4 is 10.1 Å². The van der Waals surface area contributed by atoms with Gasteiger partial charge in [0.25, 0.3) is 0 Å². The SMILES string of the molecule is Cc1cc(CNCC(O)COc2ccc(Br)cc2)no1. The monoisotopic (exact) mass is 340 g/mol. The van der Waals surface area contributed by atoms with Crippen molar-refractivity contribution in [3.05, 3.63) is 46.3 Å². The van der Waals surface area contributed by atoms with Crippen molar-refractivity contribution in [1.82, 2.24) is 10.5 Å². The molecule has 0 aliphatic carbocycles. The van der Waals surface area contributed by atoms with Gasteiger partial charge in [-0.2, -0.15) is 0 Å². The minimum absolute atomic E-state index is 0.243. The van der Waals surface area contributed by atoms with Crippen LogP contribution in [0.1, 0.15) is 11.5 Å². The average molecular weight is 341 g/mol. The Morgan fingerprint density at radius 2 is 2.15 bits per heavy atom. The second kappa shape index (κ2) is 7.42. The zero-order valence-electron chi connectivity index (χ0n) is 11.2. The van der Waals surface area contributed by atoms with Gasteiger partial charge in [0, 0.05) is 23.6 Å². The number of ether oxygens (including phenoxy) is 1. The Balaban J connectivity index is 1.65. The number of aliphatic hydroxyl groups excluding tert-OH is 1. The van der Waals surface area contributed by atoms with Crippen LogP contribution in [0.15, 0.2) is 39.3 Å². The molecule has 20 heavy (non-hydrogen) atoms. The number of halogens is 1. The Hall–Kier alpha value is -1.37. The lowest BCUT2D eigenvalue weighted by molar-refractivity contribution is 0.106. The van der Waals surface area contributed by atoms with E-state index in [0.29, 0.717) is 13.1 Å². The fourth-order valence-electron chi connectivity index (χ4n) is 1.65. The molecule has 2 aromatic rings. The van der Waals surface area contributed by atoms with E-state index in [1.165, 1.54) is 0 Å². The normalized spacial score (nSPS) is 12.3. The number of aliphatic hydroxyl groups is 1. The Labute approximate surface area is 126 Å². The highest BCUT2D eigenvalue weighted by molar-refractivity contribution is 9.10. The first kappa shape index (κ1) is 15.0. The number of aryl methyl sites for hydroxylation is 1. The molecule has 1 aromatic heterocycles. The number of nitrogens with one attached hydrogen (secondary N) is 1. The Morgan fingerprint density at radius 3 is 2.80 bits per heavy atom. The minimum atomic E-state index is -0.577. The molecule has 0 fully saturated rings. The standard InChI is InChI=1S/C14H17BrN2O3/c1-10-6-12(17-20-10)7-16-8-13(18)9-19-14-4-2-11(15)3-5-14/h2-6,13,16,18H,7-9H2,1H3. The van der Waals surface area contributed by atoms with Crippen LogP contribution in [-0.2, 0) is 6.54 Å². The van der Waals surface area contributed by atoms with Crippen LogP contribution in [0.5, 0.6) is 5.75 Å². The molecule has 0 saturated carbocycles. The molecule has 0 aliphatic heterocycles. The van der Waals surface area contributed by atoms with Gasteiger partial charge in [-0.25, -0.2) is 0 Å². The molecule has 108 valence electrons. The van der Waals surface area contributed by atoms with E-state index in [9.17, 15) is 5.11 Å². The number of hydrogen-bond acceptors (Lipinski definition) is 5. The van der Waals surface area contributed by atoms with Crippen LogP contribution in [0, 0.1) is 6.92 Å². The molecule has 0 spiro atoms. The van der Waals surface area contributed by atoms with Crippen molar-refractivity contribution in [2.45, 2.75) is 19.6 Å². The van der Waals surface area contributed by atoms with Crippen LogP contribution in [0.2, 0.25) is 0 Å². The predicted octanol–water partition coefficient (Wildman–Crippen LogP) is 2.28. The summed E-state index contributed by atoms with van der Waals surface area (Å²) < 4.78 is 11.4. The topological polar surface area (TPSA) is 67.5 Å².